The summed E-state index contributed by atoms with van der Waals surface area (Å²) in [6, 6.07) is 18.5. The van der Waals surface area contributed by atoms with Gasteiger partial charge in [0.2, 0.25) is 0 Å². The highest BCUT2D eigenvalue weighted by atomic mass is 16.5. The fraction of sp³-hybridized carbons (Fsp3) is 0.400. The van der Waals surface area contributed by atoms with Crippen molar-refractivity contribution in [3.8, 4) is 0 Å². The molecule has 0 aliphatic carbocycles. The molecule has 3 nitrogen and oxygen atoms in total. The van der Waals surface area contributed by atoms with Crippen LogP contribution in [0.25, 0.3) is 0 Å². The van der Waals surface area contributed by atoms with E-state index in [1.54, 1.807) is 7.11 Å². The zero-order valence-corrected chi connectivity index (χ0v) is 14.1. The Morgan fingerprint density at radius 1 is 1.04 bits per heavy atom. The topological polar surface area (TPSA) is 32.7 Å². The summed E-state index contributed by atoms with van der Waals surface area (Å²) in [6.07, 6.45) is 0.302. The summed E-state index contributed by atoms with van der Waals surface area (Å²) in [5, 5.41) is 10.4. The average molecular weight is 313 g/mol. The SMILES string of the molecule is COCCN(Cc1ccccc1C)C[C@@H](O)Cc1ccccc1. The van der Waals surface area contributed by atoms with Gasteiger partial charge in [-0.1, -0.05) is 54.6 Å². The Hall–Kier alpha value is -1.68. The van der Waals surface area contributed by atoms with E-state index in [2.05, 4.69) is 48.2 Å². The minimum absolute atomic E-state index is 0.377. The molecule has 0 aliphatic rings. The van der Waals surface area contributed by atoms with Crippen molar-refractivity contribution < 1.29 is 9.84 Å². The highest BCUT2D eigenvalue weighted by molar-refractivity contribution is 5.25. The molecule has 0 aliphatic heterocycles. The largest absolute Gasteiger partial charge is 0.391 e. The number of ether oxygens (including phenoxy) is 1. The van der Waals surface area contributed by atoms with Crippen LogP contribution in [-0.4, -0.2) is 42.9 Å². The molecule has 0 saturated carbocycles. The monoisotopic (exact) mass is 313 g/mol. The second-order valence-corrected chi connectivity index (χ2v) is 6.00. The molecule has 3 heteroatoms. The lowest BCUT2D eigenvalue weighted by Gasteiger charge is -2.25. The van der Waals surface area contributed by atoms with Gasteiger partial charge in [0.15, 0.2) is 0 Å². The van der Waals surface area contributed by atoms with Crippen molar-refractivity contribution in [2.45, 2.75) is 26.0 Å². The highest BCUT2D eigenvalue weighted by Gasteiger charge is 2.13. The van der Waals surface area contributed by atoms with Gasteiger partial charge in [-0.15, -0.1) is 0 Å². The molecule has 0 fully saturated rings. The van der Waals surface area contributed by atoms with Crippen molar-refractivity contribution in [2.75, 3.05) is 26.8 Å². The Bertz CT molecular complexity index is 571. The van der Waals surface area contributed by atoms with Gasteiger partial charge in [-0.3, -0.25) is 4.90 Å². The summed E-state index contributed by atoms with van der Waals surface area (Å²) in [5.74, 6) is 0. The van der Waals surface area contributed by atoms with Crippen LogP contribution in [0.1, 0.15) is 16.7 Å². The lowest BCUT2D eigenvalue weighted by molar-refractivity contribution is 0.0850. The van der Waals surface area contributed by atoms with Crippen molar-refractivity contribution in [1.82, 2.24) is 4.90 Å². The van der Waals surface area contributed by atoms with E-state index in [9.17, 15) is 5.11 Å². The molecule has 2 aromatic carbocycles. The Balaban J connectivity index is 1.96. The molecule has 124 valence electrons. The Morgan fingerprint density at radius 2 is 1.74 bits per heavy atom. The number of nitrogens with zero attached hydrogens (tertiary/aromatic N) is 1. The molecule has 0 bridgehead atoms. The van der Waals surface area contributed by atoms with Gasteiger partial charge in [0.25, 0.3) is 0 Å². The molecular formula is C20H27NO2. The highest BCUT2D eigenvalue weighted by Crippen LogP contribution is 2.12. The van der Waals surface area contributed by atoms with Crippen LogP contribution in [0.5, 0.6) is 0 Å². The van der Waals surface area contributed by atoms with E-state index >= 15 is 0 Å². The second-order valence-electron chi connectivity index (χ2n) is 6.00. The number of methoxy groups -OCH3 is 1. The Kier molecular flexibility index (Phi) is 7.27. The third kappa shape index (κ3) is 6.14. The number of benzene rings is 2. The Labute approximate surface area is 139 Å². The molecule has 0 aromatic heterocycles. The quantitative estimate of drug-likeness (QED) is 0.772. The predicted octanol–water partition coefficient (Wildman–Crippen LogP) is 3.05. The van der Waals surface area contributed by atoms with E-state index in [4.69, 9.17) is 4.74 Å². The van der Waals surface area contributed by atoms with E-state index in [1.807, 2.05) is 18.2 Å². The molecule has 0 radical (unpaired) electrons. The molecule has 1 atom stereocenters. The zero-order valence-electron chi connectivity index (χ0n) is 14.1. The minimum Gasteiger partial charge on any atom is -0.391 e. The van der Waals surface area contributed by atoms with Crippen LogP contribution in [-0.2, 0) is 17.7 Å². The molecule has 0 saturated heterocycles. The first-order chi connectivity index (χ1) is 11.2. The smallest absolute Gasteiger partial charge is 0.0707 e. The van der Waals surface area contributed by atoms with E-state index < -0.39 is 0 Å². The summed E-state index contributed by atoms with van der Waals surface area (Å²) in [7, 11) is 1.71. The normalized spacial score (nSPS) is 12.5. The zero-order chi connectivity index (χ0) is 16.5. The molecule has 2 aromatic rings. The average Bonchev–Trinajstić information content (AvgIpc) is 2.55. The van der Waals surface area contributed by atoms with Crippen molar-refractivity contribution in [3.63, 3.8) is 0 Å². The van der Waals surface area contributed by atoms with E-state index in [0.717, 1.165) is 13.1 Å². The molecule has 2 rings (SSSR count). The molecule has 0 unspecified atom stereocenters. The van der Waals surface area contributed by atoms with Gasteiger partial charge in [-0.2, -0.15) is 0 Å². The van der Waals surface area contributed by atoms with Gasteiger partial charge in [0.05, 0.1) is 12.7 Å². The van der Waals surface area contributed by atoms with Crippen LogP contribution in [0, 0.1) is 6.92 Å². The van der Waals surface area contributed by atoms with Crippen LogP contribution in [0.4, 0.5) is 0 Å². The lowest BCUT2D eigenvalue weighted by atomic mass is 10.1. The second kappa shape index (κ2) is 9.46. The van der Waals surface area contributed by atoms with Crippen molar-refractivity contribution >= 4 is 0 Å². The fourth-order valence-corrected chi connectivity index (χ4v) is 2.73. The predicted molar refractivity (Wildman–Crippen MR) is 94.5 cm³/mol. The van der Waals surface area contributed by atoms with Crippen LogP contribution in [0.15, 0.2) is 54.6 Å². The van der Waals surface area contributed by atoms with Crippen molar-refractivity contribution in [3.05, 3.63) is 71.3 Å². The van der Waals surface area contributed by atoms with Crippen molar-refractivity contribution in [1.29, 1.82) is 0 Å². The number of rotatable bonds is 9. The maximum Gasteiger partial charge on any atom is 0.0707 e. The third-order valence-electron chi connectivity index (χ3n) is 4.05. The van der Waals surface area contributed by atoms with Gasteiger partial charge in [-0.05, 0) is 30.0 Å². The van der Waals surface area contributed by atoms with E-state index in [0.29, 0.717) is 19.6 Å². The summed E-state index contributed by atoms with van der Waals surface area (Å²) in [4.78, 5) is 2.26. The van der Waals surface area contributed by atoms with Gasteiger partial charge in [0.1, 0.15) is 0 Å². The third-order valence-corrected chi connectivity index (χ3v) is 4.05. The summed E-state index contributed by atoms with van der Waals surface area (Å²) >= 11 is 0. The van der Waals surface area contributed by atoms with Crippen LogP contribution >= 0.6 is 0 Å². The number of hydrogen-bond acceptors (Lipinski definition) is 3. The van der Waals surface area contributed by atoms with Crippen LogP contribution in [0.3, 0.4) is 0 Å². The maximum absolute atomic E-state index is 10.4. The summed E-state index contributed by atoms with van der Waals surface area (Å²) in [6.45, 7) is 5.10. The first kappa shape index (κ1) is 17.7. The van der Waals surface area contributed by atoms with Crippen LogP contribution in [0.2, 0.25) is 0 Å². The molecule has 1 N–H and O–H groups in total. The van der Waals surface area contributed by atoms with Gasteiger partial charge < -0.3 is 9.84 Å². The Morgan fingerprint density at radius 3 is 2.43 bits per heavy atom. The fourth-order valence-electron chi connectivity index (χ4n) is 2.73. The summed E-state index contributed by atoms with van der Waals surface area (Å²) < 4.78 is 5.22. The number of aliphatic hydroxyl groups is 1. The molecule has 23 heavy (non-hydrogen) atoms. The van der Waals surface area contributed by atoms with Crippen LogP contribution < -0.4 is 0 Å². The first-order valence-electron chi connectivity index (χ1n) is 8.17. The molecular weight excluding hydrogens is 286 g/mol. The maximum atomic E-state index is 10.4. The molecule has 0 heterocycles. The first-order valence-corrected chi connectivity index (χ1v) is 8.17. The van der Waals surface area contributed by atoms with E-state index in [-0.39, 0.29) is 6.10 Å². The van der Waals surface area contributed by atoms with Crippen molar-refractivity contribution in [2.24, 2.45) is 0 Å². The molecule has 0 spiro atoms. The summed E-state index contributed by atoms with van der Waals surface area (Å²) in [5.41, 5.74) is 3.76. The standard InChI is InChI=1S/C20H27NO2/c1-17-8-6-7-11-19(17)15-21(12-13-23-2)16-20(22)14-18-9-4-3-5-10-18/h3-11,20,22H,12-16H2,1-2H3/t20-/m0/s1. The number of hydrogen-bond donors (Lipinski definition) is 1. The minimum atomic E-state index is -0.377. The lowest BCUT2D eigenvalue weighted by Crippen LogP contribution is -2.35. The van der Waals surface area contributed by atoms with E-state index in [1.165, 1.54) is 16.7 Å². The van der Waals surface area contributed by atoms with Gasteiger partial charge >= 0.3 is 0 Å². The molecule has 0 amide bonds. The van der Waals surface area contributed by atoms with Gasteiger partial charge in [0, 0.05) is 26.7 Å². The van der Waals surface area contributed by atoms with Gasteiger partial charge in [-0.25, -0.2) is 0 Å². The number of aryl methyl sites for hydroxylation is 1. The number of aliphatic hydroxyl groups excluding tert-OH is 1.